The number of fused-ring (bicyclic) bond motifs is 3. The van der Waals surface area contributed by atoms with Crippen molar-refractivity contribution in [2.24, 2.45) is 5.92 Å². The highest BCUT2D eigenvalue weighted by molar-refractivity contribution is 5.43. The van der Waals surface area contributed by atoms with Crippen LogP contribution in [0.25, 0.3) is 0 Å². The molecule has 0 radical (unpaired) electrons. The summed E-state index contributed by atoms with van der Waals surface area (Å²) in [6, 6.07) is 7.30. The molecule has 4 rings (SSSR count). The summed E-state index contributed by atoms with van der Waals surface area (Å²) < 4.78 is 11.2. The van der Waals surface area contributed by atoms with Gasteiger partial charge in [0.1, 0.15) is 13.2 Å². The summed E-state index contributed by atoms with van der Waals surface area (Å²) in [7, 11) is 0. The molecule has 3 nitrogen and oxygen atoms in total. The van der Waals surface area contributed by atoms with Crippen molar-refractivity contribution in [2.45, 2.75) is 38.1 Å². The van der Waals surface area contributed by atoms with Crippen LogP contribution in [-0.4, -0.2) is 37.2 Å². The quantitative estimate of drug-likeness (QED) is 0.842. The number of aryl methyl sites for hydroxylation is 1. The van der Waals surface area contributed by atoms with Crippen LogP contribution in [0.3, 0.4) is 0 Å². The molecule has 2 fully saturated rings. The Bertz CT molecular complexity index is 488. The lowest BCUT2D eigenvalue weighted by atomic mass is 10.1. The minimum absolute atomic E-state index is 0.670. The van der Waals surface area contributed by atoms with Crippen LogP contribution in [0.5, 0.6) is 11.5 Å². The fourth-order valence-corrected chi connectivity index (χ4v) is 4.03. The van der Waals surface area contributed by atoms with Crippen LogP contribution in [0.15, 0.2) is 18.2 Å². The van der Waals surface area contributed by atoms with Crippen LogP contribution in [0, 0.1) is 5.92 Å². The smallest absolute Gasteiger partial charge is 0.161 e. The van der Waals surface area contributed by atoms with Crippen molar-refractivity contribution in [3.63, 3.8) is 0 Å². The first-order valence-corrected chi connectivity index (χ1v) is 8.01. The average molecular weight is 273 g/mol. The molecule has 1 saturated carbocycles. The number of piperidine rings is 1. The zero-order valence-electron chi connectivity index (χ0n) is 12.0. The highest BCUT2D eigenvalue weighted by atomic mass is 16.6. The van der Waals surface area contributed by atoms with Crippen LogP contribution in [0.2, 0.25) is 0 Å². The highest BCUT2D eigenvalue weighted by Gasteiger charge is 2.36. The van der Waals surface area contributed by atoms with Crippen molar-refractivity contribution in [1.29, 1.82) is 0 Å². The Balaban J connectivity index is 1.31. The van der Waals surface area contributed by atoms with Crippen molar-refractivity contribution in [3.8, 4) is 11.5 Å². The number of hydrogen-bond acceptors (Lipinski definition) is 3. The number of likely N-dealkylation sites (tertiary alicyclic amines) is 1. The van der Waals surface area contributed by atoms with E-state index in [9.17, 15) is 0 Å². The molecule has 0 amide bonds. The third-order valence-corrected chi connectivity index (χ3v) is 5.04. The summed E-state index contributed by atoms with van der Waals surface area (Å²) in [6.07, 6.45) is 6.77. The van der Waals surface area contributed by atoms with Gasteiger partial charge < -0.3 is 14.4 Å². The number of benzene rings is 1. The van der Waals surface area contributed by atoms with E-state index in [1.807, 2.05) is 0 Å². The van der Waals surface area contributed by atoms with E-state index in [4.69, 9.17) is 9.47 Å². The van der Waals surface area contributed by atoms with E-state index >= 15 is 0 Å². The van der Waals surface area contributed by atoms with Crippen LogP contribution < -0.4 is 9.47 Å². The first-order valence-electron chi connectivity index (χ1n) is 8.01. The molecule has 108 valence electrons. The second kappa shape index (κ2) is 5.28. The molecule has 3 aliphatic rings. The lowest BCUT2D eigenvalue weighted by Crippen LogP contribution is -2.33. The van der Waals surface area contributed by atoms with Gasteiger partial charge in [-0.1, -0.05) is 6.07 Å². The van der Waals surface area contributed by atoms with Gasteiger partial charge in [0.2, 0.25) is 0 Å². The van der Waals surface area contributed by atoms with E-state index in [2.05, 4.69) is 23.1 Å². The topological polar surface area (TPSA) is 21.7 Å². The Kier molecular flexibility index (Phi) is 3.31. The van der Waals surface area contributed by atoms with Gasteiger partial charge in [-0.3, -0.25) is 0 Å². The normalized spacial score (nSPS) is 28.0. The predicted octanol–water partition coefficient (Wildman–Crippen LogP) is 2.87. The second-order valence-electron chi connectivity index (χ2n) is 6.41. The Morgan fingerprint density at radius 2 is 2.00 bits per heavy atom. The van der Waals surface area contributed by atoms with Crippen molar-refractivity contribution >= 4 is 0 Å². The monoisotopic (exact) mass is 273 g/mol. The molecule has 2 unspecified atom stereocenters. The predicted molar refractivity (Wildman–Crippen MR) is 78.5 cm³/mol. The van der Waals surface area contributed by atoms with E-state index in [-0.39, 0.29) is 0 Å². The molecular formula is C17H23NO2. The molecule has 2 heterocycles. The van der Waals surface area contributed by atoms with Gasteiger partial charge in [-0.15, -0.1) is 0 Å². The van der Waals surface area contributed by atoms with E-state index in [1.54, 1.807) is 0 Å². The number of rotatable bonds is 4. The van der Waals surface area contributed by atoms with Crippen LogP contribution >= 0.6 is 0 Å². The van der Waals surface area contributed by atoms with Gasteiger partial charge in [0.05, 0.1) is 0 Å². The molecule has 3 heteroatoms. The fraction of sp³-hybridized carbons (Fsp3) is 0.647. The maximum absolute atomic E-state index is 5.65. The SMILES string of the molecule is c1cc2c(cc1CCCN1CC3CCC1C3)OCCO2. The molecule has 1 saturated heterocycles. The molecule has 2 aliphatic heterocycles. The zero-order valence-corrected chi connectivity index (χ0v) is 12.0. The second-order valence-corrected chi connectivity index (χ2v) is 6.41. The summed E-state index contributed by atoms with van der Waals surface area (Å²) in [5.74, 6) is 2.83. The van der Waals surface area contributed by atoms with Gasteiger partial charge in [0.25, 0.3) is 0 Å². The lowest BCUT2D eigenvalue weighted by molar-refractivity contribution is 0.171. The van der Waals surface area contributed by atoms with Gasteiger partial charge in [0.15, 0.2) is 11.5 Å². The molecule has 20 heavy (non-hydrogen) atoms. The van der Waals surface area contributed by atoms with E-state index < -0.39 is 0 Å². The molecule has 1 aromatic rings. The lowest BCUT2D eigenvalue weighted by Gasteiger charge is -2.26. The van der Waals surface area contributed by atoms with Crippen molar-refractivity contribution in [2.75, 3.05) is 26.3 Å². The maximum atomic E-state index is 5.65. The molecule has 0 N–H and O–H groups in total. The highest BCUT2D eigenvalue weighted by Crippen LogP contribution is 2.37. The van der Waals surface area contributed by atoms with E-state index in [0.29, 0.717) is 13.2 Å². The van der Waals surface area contributed by atoms with Gasteiger partial charge in [-0.05, 0) is 62.3 Å². The van der Waals surface area contributed by atoms with Gasteiger partial charge in [-0.2, -0.15) is 0 Å². The molecule has 0 aromatic heterocycles. The summed E-state index contributed by atoms with van der Waals surface area (Å²) in [5, 5.41) is 0. The Morgan fingerprint density at radius 1 is 1.10 bits per heavy atom. The molecule has 2 atom stereocenters. The molecule has 1 aromatic carbocycles. The van der Waals surface area contributed by atoms with Gasteiger partial charge in [-0.25, -0.2) is 0 Å². The van der Waals surface area contributed by atoms with E-state index in [1.165, 1.54) is 44.3 Å². The fourth-order valence-electron chi connectivity index (χ4n) is 4.03. The number of nitrogens with zero attached hydrogens (tertiary/aromatic N) is 1. The van der Waals surface area contributed by atoms with Crippen LogP contribution in [0.4, 0.5) is 0 Å². The minimum Gasteiger partial charge on any atom is -0.486 e. The third kappa shape index (κ3) is 2.39. The average Bonchev–Trinajstić information content (AvgIpc) is 3.10. The first kappa shape index (κ1) is 12.5. The van der Waals surface area contributed by atoms with Gasteiger partial charge in [0, 0.05) is 12.6 Å². The van der Waals surface area contributed by atoms with Crippen molar-refractivity contribution < 1.29 is 9.47 Å². The summed E-state index contributed by atoms with van der Waals surface area (Å²) >= 11 is 0. The minimum atomic E-state index is 0.670. The largest absolute Gasteiger partial charge is 0.486 e. The van der Waals surface area contributed by atoms with Gasteiger partial charge >= 0.3 is 0 Å². The molecule has 1 aliphatic carbocycles. The summed E-state index contributed by atoms with van der Waals surface area (Å²) in [4.78, 5) is 2.71. The summed E-state index contributed by atoms with van der Waals surface area (Å²) in [6.45, 7) is 3.96. The number of hydrogen-bond donors (Lipinski definition) is 0. The van der Waals surface area contributed by atoms with Crippen molar-refractivity contribution in [3.05, 3.63) is 23.8 Å². The Morgan fingerprint density at radius 3 is 2.80 bits per heavy atom. The third-order valence-electron chi connectivity index (χ3n) is 5.04. The Labute approximate surface area is 120 Å². The van der Waals surface area contributed by atoms with Crippen molar-refractivity contribution in [1.82, 2.24) is 4.90 Å². The standard InChI is InChI=1S/C17H23NO2/c1(7-18-12-14-3-5-15(18)10-14)2-13-4-6-16-17(11-13)20-9-8-19-16/h4,6,11,14-15H,1-3,5,7-10,12H2. The first-order chi connectivity index (χ1) is 9.88. The molecule has 0 spiro atoms. The van der Waals surface area contributed by atoms with Crippen LogP contribution in [-0.2, 0) is 6.42 Å². The van der Waals surface area contributed by atoms with Crippen LogP contribution in [0.1, 0.15) is 31.2 Å². The maximum Gasteiger partial charge on any atom is 0.161 e. The summed E-state index contributed by atoms with van der Waals surface area (Å²) in [5.41, 5.74) is 1.37. The Hall–Kier alpha value is -1.22. The van der Waals surface area contributed by atoms with E-state index in [0.717, 1.165) is 29.9 Å². The molecule has 2 bridgehead atoms. The number of ether oxygens (including phenoxy) is 2. The molecular weight excluding hydrogens is 250 g/mol. The zero-order chi connectivity index (χ0) is 13.4.